The maximum atomic E-state index is 10.8. The minimum absolute atomic E-state index is 0.0204. The van der Waals surface area contributed by atoms with E-state index in [1.807, 2.05) is 0 Å². The molecule has 0 aromatic heterocycles. The molecule has 2 fully saturated rings. The first-order valence-electron chi connectivity index (χ1n) is 6.89. The highest BCUT2D eigenvalue weighted by Gasteiger charge is 2.28. The van der Waals surface area contributed by atoms with Crippen LogP contribution in [0, 0.1) is 10.1 Å². The predicted octanol–water partition coefficient (Wildman–Crippen LogP) is 0.271. The summed E-state index contributed by atoms with van der Waals surface area (Å²) < 4.78 is 0. The van der Waals surface area contributed by atoms with Crippen LogP contribution in [0.2, 0.25) is 0 Å². The Morgan fingerprint density at radius 3 is 2.45 bits per heavy atom. The van der Waals surface area contributed by atoms with Gasteiger partial charge in [0.15, 0.2) is 0 Å². The average Bonchev–Trinajstić information content (AvgIpc) is 2.37. The summed E-state index contributed by atoms with van der Waals surface area (Å²) in [6.07, 6.45) is 0. The number of benzene rings is 1. The lowest BCUT2D eigenvalue weighted by Gasteiger charge is -2.43. The van der Waals surface area contributed by atoms with Gasteiger partial charge in [-0.15, -0.1) is 0 Å². The third-order valence-electron chi connectivity index (χ3n) is 4.16. The van der Waals surface area contributed by atoms with E-state index < -0.39 is 4.92 Å². The zero-order chi connectivity index (χ0) is 14.1. The number of nitro groups is 1. The van der Waals surface area contributed by atoms with Gasteiger partial charge in [-0.3, -0.25) is 15.0 Å². The molecule has 108 valence electrons. The number of nitrogen functional groups attached to an aromatic ring is 1. The van der Waals surface area contributed by atoms with Crippen molar-refractivity contribution in [2.45, 2.75) is 6.04 Å². The Labute approximate surface area is 117 Å². The van der Waals surface area contributed by atoms with Crippen LogP contribution in [-0.2, 0) is 0 Å². The Morgan fingerprint density at radius 2 is 1.95 bits per heavy atom. The van der Waals surface area contributed by atoms with Crippen molar-refractivity contribution >= 4 is 17.1 Å². The van der Waals surface area contributed by atoms with Crippen LogP contribution in [0.3, 0.4) is 0 Å². The number of nitro benzene ring substituents is 1. The predicted molar refractivity (Wildman–Crippen MR) is 78.0 cm³/mol. The molecule has 20 heavy (non-hydrogen) atoms. The molecular formula is C13H19N5O2. The summed E-state index contributed by atoms with van der Waals surface area (Å²) >= 11 is 0. The van der Waals surface area contributed by atoms with E-state index in [1.165, 1.54) is 6.07 Å². The summed E-state index contributed by atoms with van der Waals surface area (Å²) in [7, 11) is 0. The first kappa shape index (κ1) is 13.1. The smallest absolute Gasteiger partial charge is 0.292 e. The van der Waals surface area contributed by atoms with Crippen LogP contribution in [0.25, 0.3) is 0 Å². The standard InChI is InChI=1S/C13H19N5O2/c14-12-7-10(1-2-13(12)18(19)20)16-3-5-17(6-4-16)11-8-15-9-11/h1-2,7,11,15H,3-6,8-9,14H2. The van der Waals surface area contributed by atoms with E-state index in [0.717, 1.165) is 45.0 Å². The summed E-state index contributed by atoms with van der Waals surface area (Å²) in [5, 5.41) is 14.1. The minimum atomic E-state index is -0.444. The molecule has 0 radical (unpaired) electrons. The highest BCUT2D eigenvalue weighted by molar-refractivity contribution is 5.66. The second kappa shape index (κ2) is 5.26. The fraction of sp³-hybridized carbons (Fsp3) is 0.538. The molecule has 2 saturated heterocycles. The van der Waals surface area contributed by atoms with E-state index in [9.17, 15) is 10.1 Å². The largest absolute Gasteiger partial charge is 0.393 e. The molecular weight excluding hydrogens is 258 g/mol. The van der Waals surface area contributed by atoms with E-state index in [2.05, 4.69) is 15.1 Å². The zero-order valence-electron chi connectivity index (χ0n) is 11.3. The van der Waals surface area contributed by atoms with Crippen molar-refractivity contribution in [2.24, 2.45) is 0 Å². The second-order valence-corrected chi connectivity index (χ2v) is 5.34. The molecule has 0 spiro atoms. The summed E-state index contributed by atoms with van der Waals surface area (Å²) in [5.41, 5.74) is 6.93. The van der Waals surface area contributed by atoms with E-state index in [0.29, 0.717) is 6.04 Å². The van der Waals surface area contributed by atoms with Crippen molar-refractivity contribution < 1.29 is 4.92 Å². The number of nitrogens with one attached hydrogen (secondary N) is 1. The number of rotatable bonds is 3. The van der Waals surface area contributed by atoms with Crippen molar-refractivity contribution in [1.82, 2.24) is 10.2 Å². The van der Waals surface area contributed by atoms with Crippen LogP contribution in [0.4, 0.5) is 17.1 Å². The fourth-order valence-electron chi connectivity index (χ4n) is 2.78. The molecule has 0 bridgehead atoms. The number of nitrogens with two attached hydrogens (primary N) is 1. The number of hydrogen-bond donors (Lipinski definition) is 2. The second-order valence-electron chi connectivity index (χ2n) is 5.34. The maximum Gasteiger partial charge on any atom is 0.292 e. The molecule has 2 aliphatic heterocycles. The van der Waals surface area contributed by atoms with Gasteiger partial charge in [-0.05, 0) is 12.1 Å². The van der Waals surface area contributed by atoms with Gasteiger partial charge in [0.05, 0.1) is 4.92 Å². The SMILES string of the molecule is Nc1cc(N2CCN(C3CNC3)CC2)ccc1[N+](=O)[O-]. The lowest BCUT2D eigenvalue weighted by Crippen LogP contribution is -2.61. The Bertz CT molecular complexity index is 509. The summed E-state index contributed by atoms with van der Waals surface area (Å²) in [6.45, 7) is 6.11. The fourth-order valence-corrected chi connectivity index (χ4v) is 2.78. The van der Waals surface area contributed by atoms with Gasteiger partial charge in [0.25, 0.3) is 5.69 Å². The van der Waals surface area contributed by atoms with Crippen LogP contribution >= 0.6 is 0 Å². The van der Waals surface area contributed by atoms with Gasteiger partial charge < -0.3 is 16.0 Å². The summed E-state index contributed by atoms with van der Waals surface area (Å²) in [4.78, 5) is 15.1. The normalized spacial score (nSPS) is 20.7. The van der Waals surface area contributed by atoms with Gasteiger partial charge in [0, 0.05) is 57.1 Å². The number of hydrogen-bond acceptors (Lipinski definition) is 6. The Kier molecular flexibility index (Phi) is 3.45. The Morgan fingerprint density at radius 1 is 1.25 bits per heavy atom. The topological polar surface area (TPSA) is 87.7 Å². The molecule has 1 aromatic rings. The van der Waals surface area contributed by atoms with Crippen molar-refractivity contribution in [1.29, 1.82) is 0 Å². The molecule has 0 unspecified atom stereocenters. The molecule has 0 aliphatic carbocycles. The minimum Gasteiger partial charge on any atom is -0.393 e. The quantitative estimate of drug-likeness (QED) is 0.468. The van der Waals surface area contributed by atoms with Crippen LogP contribution in [0.5, 0.6) is 0 Å². The highest BCUT2D eigenvalue weighted by atomic mass is 16.6. The first-order valence-corrected chi connectivity index (χ1v) is 6.89. The third-order valence-corrected chi connectivity index (χ3v) is 4.16. The Balaban J connectivity index is 1.65. The number of piperazine rings is 1. The van der Waals surface area contributed by atoms with Crippen molar-refractivity contribution in [2.75, 3.05) is 49.9 Å². The third kappa shape index (κ3) is 2.41. The molecule has 0 amide bonds. The number of nitrogens with zero attached hydrogens (tertiary/aromatic N) is 3. The lowest BCUT2D eigenvalue weighted by molar-refractivity contribution is -0.383. The zero-order valence-corrected chi connectivity index (χ0v) is 11.3. The molecule has 2 heterocycles. The first-order chi connectivity index (χ1) is 9.65. The molecule has 0 saturated carbocycles. The van der Waals surface area contributed by atoms with Crippen LogP contribution in [-0.4, -0.2) is 55.1 Å². The lowest BCUT2D eigenvalue weighted by atomic mass is 10.1. The van der Waals surface area contributed by atoms with Gasteiger partial charge >= 0.3 is 0 Å². The van der Waals surface area contributed by atoms with Gasteiger partial charge in [-0.2, -0.15) is 0 Å². The molecule has 2 aliphatic rings. The van der Waals surface area contributed by atoms with E-state index >= 15 is 0 Å². The number of anilines is 2. The van der Waals surface area contributed by atoms with Crippen molar-refractivity contribution in [3.8, 4) is 0 Å². The van der Waals surface area contributed by atoms with E-state index in [1.54, 1.807) is 12.1 Å². The van der Waals surface area contributed by atoms with Gasteiger partial charge in [-0.1, -0.05) is 0 Å². The van der Waals surface area contributed by atoms with Crippen LogP contribution < -0.4 is 16.0 Å². The highest BCUT2D eigenvalue weighted by Crippen LogP contribution is 2.27. The van der Waals surface area contributed by atoms with Gasteiger partial charge in [-0.25, -0.2) is 0 Å². The molecule has 0 atom stereocenters. The maximum absolute atomic E-state index is 10.8. The van der Waals surface area contributed by atoms with Crippen molar-refractivity contribution in [3.63, 3.8) is 0 Å². The van der Waals surface area contributed by atoms with Gasteiger partial charge in [0.2, 0.25) is 0 Å². The van der Waals surface area contributed by atoms with Crippen LogP contribution in [0.1, 0.15) is 0 Å². The summed E-state index contributed by atoms with van der Waals surface area (Å²) in [6, 6.07) is 5.67. The molecule has 7 heteroatoms. The molecule has 1 aromatic carbocycles. The van der Waals surface area contributed by atoms with Crippen LogP contribution in [0.15, 0.2) is 18.2 Å². The Hall–Kier alpha value is -1.86. The average molecular weight is 277 g/mol. The van der Waals surface area contributed by atoms with E-state index in [4.69, 9.17) is 5.73 Å². The monoisotopic (exact) mass is 277 g/mol. The molecule has 7 nitrogen and oxygen atoms in total. The van der Waals surface area contributed by atoms with E-state index in [-0.39, 0.29) is 11.4 Å². The molecule has 3 rings (SSSR count). The summed E-state index contributed by atoms with van der Waals surface area (Å²) in [5.74, 6) is 0. The van der Waals surface area contributed by atoms with Gasteiger partial charge in [0.1, 0.15) is 5.69 Å². The molecule has 3 N–H and O–H groups in total. The van der Waals surface area contributed by atoms with Crippen molar-refractivity contribution in [3.05, 3.63) is 28.3 Å².